The fourth-order valence-corrected chi connectivity index (χ4v) is 0. The minimum atomic E-state index is -0.495. The van der Waals surface area contributed by atoms with Crippen molar-refractivity contribution in [3.8, 4) is 0 Å². The largest absolute Gasteiger partial charge is 0.724 e. The Morgan fingerprint density at radius 1 is 1.17 bits per heavy atom. The van der Waals surface area contributed by atoms with E-state index in [0.29, 0.717) is 25.8 Å². The SMILES string of the molecule is C1CO1.CCC([NH-])=O.I.II.I[I-]I.O.[CH3-].[N-]=C=O.[Y].[Y].[Y].[Y].[Y]. The normalized spacial score (nSPS) is 6.04. The van der Waals surface area contributed by atoms with Crippen molar-refractivity contribution in [2.75, 3.05) is 13.2 Å². The maximum Gasteiger partial charge on any atom is 0 e. The summed E-state index contributed by atoms with van der Waals surface area (Å²) in [6.45, 7) is 3.66. The molecule has 0 aromatic heterocycles. The zero-order chi connectivity index (χ0) is 13.8. The van der Waals surface area contributed by atoms with E-state index >= 15 is 0 Å². The van der Waals surface area contributed by atoms with Crippen molar-refractivity contribution in [1.29, 1.82) is 0 Å². The Labute approximate surface area is 341 Å². The van der Waals surface area contributed by atoms with Gasteiger partial charge in [-0.2, -0.15) is 0 Å². The first kappa shape index (κ1) is 76.7. The van der Waals surface area contributed by atoms with Gasteiger partial charge >= 0.3 is 50.5 Å². The molecule has 17 heteroatoms. The van der Waals surface area contributed by atoms with Gasteiger partial charge in [-0.1, -0.05) is 6.92 Å². The van der Waals surface area contributed by atoms with Gasteiger partial charge in [0.2, 0.25) is 0 Å². The molecule has 1 rings (SSSR count). The van der Waals surface area contributed by atoms with Gasteiger partial charge in [-0.3, -0.25) is 4.79 Å². The third kappa shape index (κ3) is 198. The fourth-order valence-electron chi connectivity index (χ4n) is 0. The van der Waals surface area contributed by atoms with E-state index in [4.69, 9.17) is 15.9 Å². The minimum Gasteiger partial charge on any atom is -0.724 e. The molecule has 1 aliphatic rings. The number of ether oxygens (including phenoxy) is 1. The summed E-state index contributed by atoms with van der Waals surface area (Å²) in [5, 5.41) is 6.76. The van der Waals surface area contributed by atoms with Crippen LogP contribution in [-0.4, -0.2) is 30.7 Å². The molecule has 1 aliphatic heterocycles. The Morgan fingerprint density at radius 3 is 1.25 bits per heavy atom. The predicted octanol–water partition coefficient (Wildman–Crippen LogP) is 1.66. The minimum absolute atomic E-state index is 0. The van der Waals surface area contributed by atoms with Gasteiger partial charge in [0.1, 0.15) is 0 Å². The number of nitrogens with zero attached hydrogens (tertiary/aromatic N) is 1. The van der Waals surface area contributed by atoms with Crippen LogP contribution in [0.3, 0.4) is 0 Å². The average molecular weight is 1400 g/mol. The number of amides is 1. The van der Waals surface area contributed by atoms with Crippen LogP contribution < -0.4 is 13.3 Å². The van der Waals surface area contributed by atoms with E-state index in [0.717, 1.165) is 13.2 Å². The summed E-state index contributed by atoms with van der Waals surface area (Å²) in [5.74, 6) is -0.495. The van der Waals surface area contributed by atoms with E-state index < -0.39 is 5.91 Å². The number of carbonyl (C=O) groups excluding carboxylic acids is 2. The number of isocyanates is 1. The Morgan fingerprint density at radius 2 is 1.25 bits per heavy atom. The molecular weight excluding hydrogens is 1380 g/mol. The molecule has 1 amide bonds. The van der Waals surface area contributed by atoms with Crippen LogP contribution in [0, 0.1) is 7.43 Å². The summed E-state index contributed by atoms with van der Waals surface area (Å²) in [7, 11) is 0. The second-order valence-electron chi connectivity index (χ2n) is 1.53. The standard InChI is InChI=1S/C3H7NO.C2H4O.CNO.CH3.I3.I2.HI.H2O.5Y/c1-2-3(4)5;1-2-3-1;2-1-3;;1-3-2;1-2;;;;;;;/h2H2,1H3,(H2,4,5);1-2H2;;1H3;;;1H;1H2;;;;;/q;;3*-1;;;;;;;;/p-1. The molecule has 0 aromatic carbocycles. The van der Waals surface area contributed by atoms with Crippen molar-refractivity contribution in [3.05, 3.63) is 18.6 Å². The van der Waals surface area contributed by atoms with Crippen LogP contribution in [0.15, 0.2) is 0 Å². The maximum atomic E-state index is 9.48. The Bertz CT molecular complexity index is 173. The Hall–Kier alpha value is 8.67. The third-order valence-corrected chi connectivity index (χ3v) is 0.525. The number of carbonyl (C=O) groups is 1. The van der Waals surface area contributed by atoms with Crippen LogP contribution in [0.5, 0.6) is 0 Å². The summed E-state index contributed by atoms with van der Waals surface area (Å²) in [6.07, 6.45) is 0.833. The quantitative estimate of drug-likeness (QED) is 0.131. The molecule has 0 unspecified atom stereocenters. The van der Waals surface area contributed by atoms with Gasteiger partial charge in [-0.25, -0.2) is 0 Å². The van der Waals surface area contributed by atoms with Crippen molar-refractivity contribution in [2.24, 2.45) is 0 Å². The average Bonchev–Trinajstić information content (AvgIpc) is 3.10. The van der Waals surface area contributed by atoms with E-state index in [9.17, 15) is 4.79 Å². The first-order chi connectivity index (χ1) is 7.60. The van der Waals surface area contributed by atoms with Crippen molar-refractivity contribution in [2.45, 2.75) is 13.3 Å². The molecule has 1 saturated heterocycles. The maximum absolute atomic E-state index is 9.48. The molecule has 1 heterocycles. The molecule has 139 valence electrons. The number of hydrogen-bond donors (Lipinski definition) is 0. The summed E-state index contributed by atoms with van der Waals surface area (Å²) in [6, 6.07) is 0. The number of hydrogen-bond acceptors (Lipinski definition) is 3. The van der Waals surface area contributed by atoms with Crippen molar-refractivity contribution >= 4 is 110 Å². The molecular formula is C7H16I6N2O4Y5-4. The summed E-state index contributed by atoms with van der Waals surface area (Å²) in [4.78, 5) is 17.7. The van der Waals surface area contributed by atoms with Gasteiger partial charge in [-0.15, -0.1) is 24.0 Å². The molecule has 6 nitrogen and oxygen atoms in total. The van der Waals surface area contributed by atoms with Crippen LogP contribution in [0.4, 0.5) is 0 Å². The number of epoxide rings is 1. The molecule has 0 spiro atoms. The summed E-state index contributed by atoms with van der Waals surface area (Å²) >= 11 is 9.54. The van der Waals surface area contributed by atoms with Crippen LogP contribution in [0.1, 0.15) is 13.3 Å². The van der Waals surface area contributed by atoms with Crippen molar-refractivity contribution < 1.29 is 197 Å². The van der Waals surface area contributed by atoms with Crippen LogP contribution in [-0.2, 0) is 178 Å². The second-order valence-corrected chi connectivity index (χ2v) is 17.8. The topological polar surface area (TPSA) is 124 Å². The molecule has 0 atom stereocenters. The van der Waals surface area contributed by atoms with Gasteiger partial charge in [0.05, 0.1) is 13.2 Å². The predicted molar refractivity (Wildman–Crippen MR) is 121 cm³/mol. The summed E-state index contributed by atoms with van der Waals surface area (Å²) in [5.41, 5.74) is 6.19. The van der Waals surface area contributed by atoms with Crippen LogP contribution in [0.25, 0.3) is 11.1 Å². The van der Waals surface area contributed by atoms with E-state index in [1.54, 1.807) is 6.92 Å². The van der Waals surface area contributed by atoms with Crippen LogP contribution in [0.2, 0.25) is 0 Å². The monoisotopic (exact) mass is 1400 g/mol. The Balaban J connectivity index is -0.00000000707. The van der Waals surface area contributed by atoms with E-state index in [2.05, 4.69) is 79.2 Å². The molecule has 3 N–H and O–H groups in total. The van der Waals surface area contributed by atoms with Gasteiger partial charge < -0.3 is 33.6 Å². The first-order valence-corrected chi connectivity index (χ1v) is 22.3. The van der Waals surface area contributed by atoms with E-state index in [1.165, 1.54) is 0 Å². The molecule has 0 aromatic rings. The summed E-state index contributed by atoms with van der Waals surface area (Å²) < 4.78 is 4.50. The smallest absolute Gasteiger partial charge is 0 e. The van der Waals surface area contributed by atoms with Gasteiger partial charge in [0, 0.05) is 207 Å². The molecule has 0 bridgehead atoms. The fraction of sp³-hybridized carbons (Fsp3) is 0.571. The zero-order valence-electron chi connectivity index (χ0n) is 13.0. The number of nitrogens with one attached hydrogen (secondary N) is 1. The molecule has 0 aliphatic carbocycles. The number of halogens is 6. The second kappa shape index (κ2) is 95.4. The van der Waals surface area contributed by atoms with E-state index in [-0.39, 0.29) is 200 Å². The van der Waals surface area contributed by atoms with Gasteiger partial charge in [0.25, 0.3) is 0 Å². The molecule has 0 saturated carbocycles. The third-order valence-electron chi connectivity index (χ3n) is 0.525. The first-order valence-electron chi connectivity index (χ1n) is 3.45. The van der Waals surface area contributed by atoms with Crippen molar-refractivity contribution in [3.63, 3.8) is 0 Å². The molecule has 5 radical (unpaired) electrons. The van der Waals surface area contributed by atoms with Crippen molar-refractivity contribution in [1.82, 2.24) is 0 Å². The number of rotatable bonds is 1. The molecule has 1 fully saturated rings. The van der Waals surface area contributed by atoms with Gasteiger partial charge in [-0.05, 0) is 12.5 Å². The van der Waals surface area contributed by atoms with Gasteiger partial charge in [0.15, 0.2) is 0 Å². The van der Waals surface area contributed by atoms with Crippen LogP contribution >= 0.6 is 98.4 Å². The zero-order valence-corrected chi connectivity index (χ0v) is 40.3. The molecule has 24 heavy (non-hydrogen) atoms. The Kier molecular flexibility index (Phi) is 305. The van der Waals surface area contributed by atoms with E-state index in [1.807, 2.05) is 0 Å².